The average Bonchev–Trinajstić information content (AvgIpc) is 3.46. The standard InChI is InChI=1S/C21H25FN6O2/c22-14-4-1-3-13-10-17(25-19(13)14)21(30)26-16(9-12-6-7-12)20(29)27-18(11-23)15-5-2-8-24-28-15/h1,3-4,10,12,15-16,18,24-25,28H,2,5-9H2,(H,26,30)(H,27,29). The van der Waals surface area contributed by atoms with E-state index in [9.17, 15) is 19.2 Å². The van der Waals surface area contributed by atoms with Gasteiger partial charge in [-0.2, -0.15) is 5.26 Å². The second-order valence-corrected chi connectivity index (χ2v) is 8.03. The van der Waals surface area contributed by atoms with E-state index in [1.165, 1.54) is 6.07 Å². The predicted molar refractivity (Wildman–Crippen MR) is 109 cm³/mol. The normalized spacial score (nSPS) is 20.9. The number of amides is 2. The zero-order valence-corrected chi connectivity index (χ0v) is 16.5. The Labute approximate surface area is 173 Å². The molecule has 1 saturated carbocycles. The van der Waals surface area contributed by atoms with Crippen LogP contribution in [0.25, 0.3) is 10.9 Å². The van der Waals surface area contributed by atoms with E-state index in [2.05, 4.69) is 32.5 Å². The molecule has 0 radical (unpaired) electrons. The number of nitrogens with one attached hydrogen (secondary N) is 5. The molecule has 2 amide bonds. The summed E-state index contributed by atoms with van der Waals surface area (Å²) < 4.78 is 13.9. The fraction of sp³-hybridized carbons (Fsp3) is 0.476. The zero-order chi connectivity index (χ0) is 21.1. The van der Waals surface area contributed by atoms with E-state index in [4.69, 9.17) is 0 Å². The largest absolute Gasteiger partial charge is 0.348 e. The first-order chi connectivity index (χ1) is 14.5. The zero-order valence-electron chi connectivity index (χ0n) is 16.5. The summed E-state index contributed by atoms with van der Waals surface area (Å²) in [5.41, 5.74) is 6.50. The minimum Gasteiger partial charge on any atom is -0.348 e. The first-order valence-corrected chi connectivity index (χ1v) is 10.3. The Kier molecular flexibility index (Phi) is 5.97. The van der Waals surface area contributed by atoms with Crippen molar-refractivity contribution in [2.24, 2.45) is 5.92 Å². The van der Waals surface area contributed by atoms with Crippen molar-refractivity contribution in [3.05, 3.63) is 35.8 Å². The van der Waals surface area contributed by atoms with Crippen LogP contribution in [0.2, 0.25) is 0 Å². The summed E-state index contributed by atoms with van der Waals surface area (Å²) in [5.74, 6) is -0.908. The first-order valence-electron chi connectivity index (χ1n) is 10.3. The second-order valence-electron chi connectivity index (χ2n) is 8.03. The van der Waals surface area contributed by atoms with Crippen LogP contribution in [0.15, 0.2) is 24.3 Å². The molecule has 0 bridgehead atoms. The van der Waals surface area contributed by atoms with Gasteiger partial charge < -0.3 is 15.6 Å². The van der Waals surface area contributed by atoms with Gasteiger partial charge in [-0.15, -0.1) is 0 Å². The number of aromatic amines is 1. The molecule has 1 aliphatic carbocycles. The van der Waals surface area contributed by atoms with Crippen molar-refractivity contribution >= 4 is 22.7 Å². The number of fused-ring (bicyclic) bond motifs is 1. The van der Waals surface area contributed by atoms with E-state index < -0.39 is 23.8 Å². The molecule has 2 heterocycles. The molecule has 1 saturated heterocycles. The quantitative estimate of drug-likeness (QED) is 0.471. The number of para-hydroxylation sites is 1. The van der Waals surface area contributed by atoms with Crippen LogP contribution in [0.3, 0.4) is 0 Å². The third-order valence-corrected chi connectivity index (χ3v) is 5.68. The van der Waals surface area contributed by atoms with Crippen molar-refractivity contribution in [1.82, 2.24) is 26.5 Å². The number of benzene rings is 1. The number of hydrazine groups is 1. The van der Waals surface area contributed by atoms with Crippen molar-refractivity contribution in [3.63, 3.8) is 0 Å². The molecule has 2 fully saturated rings. The monoisotopic (exact) mass is 412 g/mol. The fourth-order valence-electron chi connectivity index (χ4n) is 3.81. The van der Waals surface area contributed by atoms with Crippen molar-refractivity contribution < 1.29 is 14.0 Å². The molecule has 3 unspecified atom stereocenters. The number of halogens is 1. The molecule has 158 valence electrons. The second kappa shape index (κ2) is 8.81. The molecular formula is C21H25FN6O2. The highest BCUT2D eigenvalue weighted by Crippen LogP contribution is 2.33. The topological polar surface area (TPSA) is 122 Å². The van der Waals surface area contributed by atoms with Crippen LogP contribution in [0.1, 0.15) is 42.6 Å². The van der Waals surface area contributed by atoms with E-state index in [1.54, 1.807) is 18.2 Å². The molecule has 1 aliphatic heterocycles. The number of aromatic nitrogens is 1. The van der Waals surface area contributed by atoms with Gasteiger partial charge in [0.2, 0.25) is 5.91 Å². The molecule has 2 aromatic rings. The molecule has 8 nitrogen and oxygen atoms in total. The Bertz CT molecular complexity index is 974. The molecular weight excluding hydrogens is 387 g/mol. The van der Waals surface area contributed by atoms with Crippen LogP contribution in [0.4, 0.5) is 4.39 Å². The van der Waals surface area contributed by atoms with Gasteiger partial charge in [0.15, 0.2) is 0 Å². The summed E-state index contributed by atoms with van der Waals surface area (Å²) in [6.07, 6.45) is 4.23. The van der Waals surface area contributed by atoms with E-state index in [0.29, 0.717) is 17.7 Å². The van der Waals surface area contributed by atoms with Gasteiger partial charge in [-0.25, -0.2) is 4.39 Å². The maximum absolute atomic E-state index is 13.9. The maximum atomic E-state index is 13.9. The minimum atomic E-state index is -0.756. The third kappa shape index (κ3) is 4.61. The van der Waals surface area contributed by atoms with Gasteiger partial charge in [0.05, 0.1) is 17.6 Å². The molecule has 2 aliphatic rings. The SMILES string of the molecule is N#CC(NC(=O)C(CC1CC1)NC(=O)c1cc2cccc(F)c2[nH]1)C1CCCNN1. The molecule has 30 heavy (non-hydrogen) atoms. The smallest absolute Gasteiger partial charge is 0.268 e. The Morgan fingerprint density at radius 3 is 2.77 bits per heavy atom. The summed E-state index contributed by atoms with van der Waals surface area (Å²) in [5, 5.41) is 15.6. The lowest BCUT2D eigenvalue weighted by Crippen LogP contribution is -2.59. The van der Waals surface area contributed by atoms with Gasteiger partial charge in [0, 0.05) is 11.9 Å². The van der Waals surface area contributed by atoms with Gasteiger partial charge in [-0.1, -0.05) is 25.0 Å². The predicted octanol–water partition coefficient (Wildman–Crippen LogP) is 1.47. The Balaban J connectivity index is 1.45. The number of nitriles is 1. The van der Waals surface area contributed by atoms with E-state index in [0.717, 1.165) is 32.2 Å². The number of carbonyl (C=O) groups excluding carboxylic acids is 2. The first kappa shape index (κ1) is 20.3. The van der Waals surface area contributed by atoms with Crippen molar-refractivity contribution in [2.45, 2.75) is 50.2 Å². The van der Waals surface area contributed by atoms with Crippen molar-refractivity contribution in [3.8, 4) is 6.07 Å². The van der Waals surface area contributed by atoms with Crippen LogP contribution >= 0.6 is 0 Å². The molecule has 3 atom stereocenters. The van der Waals surface area contributed by atoms with Crippen LogP contribution < -0.4 is 21.5 Å². The molecule has 1 aromatic heterocycles. The van der Waals surface area contributed by atoms with Crippen LogP contribution in [-0.4, -0.2) is 41.5 Å². The lowest BCUT2D eigenvalue weighted by atomic mass is 10.0. The number of carbonyl (C=O) groups is 2. The number of hydrogen-bond acceptors (Lipinski definition) is 5. The summed E-state index contributed by atoms with van der Waals surface area (Å²) in [4.78, 5) is 28.5. The van der Waals surface area contributed by atoms with E-state index >= 15 is 0 Å². The highest BCUT2D eigenvalue weighted by Gasteiger charge is 2.33. The number of rotatable bonds is 7. The Morgan fingerprint density at radius 1 is 1.27 bits per heavy atom. The fourth-order valence-corrected chi connectivity index (χ4v) is 3.81. The summed E-state index contributed by atoms with van der Waals surface area (Å²) in [6, 6.07) is 6.66. The molecule has 9 heteroatoms. The third-order valence-electron chi connectivity index (χ3n) is 5.68. The lowest BCUT2D eigenvalue weighted by Gasteiger charge is -2.29. The van der Waals surface area contributed by atoms with Gasteiger partial charge in [-0.3, -0.25) is 20.4 Å². The van der Waals surface area contributed by atoms with Gasteiger partial charge in [0.25, 0.3) is 5.91 Å². The Morgan fingerprint density at radius 2 is 2.10 bits per heavy atom. The Hall–Kier alpha value is -2.96. The minimum absolute atomic E-state index is 0.193. The highest BCUT2D eigenvalue weighted by atomic mass is 19.1. The van der Waals surface area contributed by atoms with Crippen molar-refractivity contribution in [1.29, 1.82) is 5.26 Å². The summed E-state index contributed by atoms with van der Waals surface area (Å²) >= 11 is 0. The number of H-pyrrole nitrogens is 1. The molecule has 4 rings (SSSR count). The van der Waals surface area contributed by atoms with E-state index in [-0.39, 0.29) is 23.2 Å². The van der Waals surface area contributed by atoms with Gasteiger partial charge in [-0.05, 0) is 37.3 Å². The van der Waals surface area contributed by atoms with Crippen LogP contribution in [-0.2, 0) is 4.79 Å². The molecule has 0 spiro atoms. The molecule has 1 aromatic carbocycles. The lowest BCUT2D eigenvalue weighted by molar-refractivity contribution is -0.123. The van der Waals surface area contributed by atoms with Gasteiger partial charge >= 0.3 is 0 Å². The van der Waals surface area contributed by atoms with Gasteiger partial charge in [0.1, 0.15) is 23.6 Å². The molecule has 5 N–H and O–H groups in total. The van der Waals surface area contributed by atoms with Crippen molar-refractivity contribution in [2.75, 3.05) is 6.54 Å². The highest BCUT2D eigenvalue weighted by molar-refractivity contribution is 6.00. The average molecular weight is 412 g/mol. The number of hydrogen-bond donors (Lipinski definition) is 5. The number of nitrogens with zero attached hydrogens (tertiary/aromatic N) is 1. The van der Waals surface area contributed by atoms with Crippen LogP contribution in [0.5, 0.6) is 0 Å². The maximum Gasteiger partial charge on any atom is 0.268 e. The summed E-state index contributed by atoms with van der Waals surface area (Å²) in [7, 11) is 0. The van der Waals surface area contributed by atoms with E-state index in [1.807, 2.05) is 0 Å². The van der Waals surface area contributed by atoms with Crippen LogP contribution in [0, 0.1) is 23.1 Å². The summed E-state index contributed by atoms with van der Waals surface area (Å²) in [6.45, 7) is 0.814.